The zero-order valence-electron chi connectivity index (χ0n) is 13.5. The zero-order chi connectivity index (χ0) is 17.4. The first-order valence-electron chi connectivity index (χ1n) is 7.77. The summed E-state index contributed by atoms with van der Waals surface area (Å²) >= 11 is 0. The third-order valence-corrected chi connectivity index (χ3v) is 3.34. The van der Waals surface area contributed by atoms with Crippen molar-refractivity contribution in [2.24, 2.45) is 0 Å². The number of alkyl halides is 3. The number of hydrogen-bond acceptors (Lipinski definition) is 5. The molecule has 136 valence electrons. The molecule has 0 saturated heterocycles. The second kappa shape index (κ2) is 9.10. The van der Waals surface area contributed by atoms with Gasteiger partial charge in [0.05, 0.1) is 33.0 Å². The molecule has 0 aliphatic carbocycles. The first-order chi connectivity index (χ1) is 11.5. The highest BCUT2D eigenvalue weighted by Gasteiger charge is 2.28. The van der Waals surface area contributed by atoms with Gasteiger partial charge in [-0.1, -0.05) is 13.3 Å². The first kappa shape index (κ1) is 18.8. The van der Waals surface area contributed by atoms with Crippen LogP contribution in [-0.4, -0.2) is 39.6 Å². The van der Waals surface area contributed by atoms with Gasteiger partial charge in [0.1, 0.15) is 0 Å². The normalized spacial score (nSPS) is 13.5. The van der Waals surface area contributed by atoms with Crippen LogP contribution in [-0.2, 0) is 27.2 Å². The summed E-state index contributed by atoms with van der Waals surface area (Å²) in [6.45, 7) is 2.53. The van der Waals surface area contributed by atoms with Gasteiger partial charge in [0, 0.05) is 0 Å². The average Bonchev–Trinajstić information content (AvgIpc) is 2.96. The molecule has 2 rings (SSSR count). The van der Waals surface area contributed by atoms with Gasteiger partial charge in [-0.2, -0.15) is 0 Å². The Hall–Kier alpha value is -1.51. The van der Waals surface area contributed by atoms with Crippen molar-refractivity contribution in [2.45, 2.75) is 32.7 Å². The van der Waals surface area contributed by atoms with Gasteiger partial charge in [-0.15, -0.1) is 13.2 Å². The molecule has 0 radical (unpaired) electrons. The van der Waals surface area contributed by atoms with Crippen LogP contribution in [0.2, 0.25) is 0 Å². The van der Waals surface area contributed by atoms with Gasteiger partial charge in [0.2, 0.25) is 6.79 Å². The maximum absolute atomic E-state index is 11.7. The number of rotatable bonds is 10. The summed E-state index contributed by atoms with van der Waals surface area (Å²) in [5.41, 5.74) is 2.16. The number of hydrogen-bond donors (Lipinski definition) is 0. The van der Waals surface area contributed by atoms with Crippen molar-refractivity contribution in [1.82, 2.24) is 0 Å². The topological polar surface area (TPSA) is 46.2 Å². The highest BCUT2D eigenvalue weighted by molar-refractivity contribution is 5.48. The largest absolute Gasteiger partial charge is 0.522 e. The summed E-state index contributed by atoms with van der Waals surface area (Å²) < 4.78 is 60.1. The Morgan fingerprint density at radius 3 is 2.25 bits per heavy atom. The van der Waals surface area contributed by atoms with Gasteiger partial charge in [0.15, 0.2) is 11.5 Å². The second-order valence-electron chi connectivity index (χ2n) is 5.18. The molecule has 0 amide bonds. The lowest BCUT2D eigenvalue weighted by molar-refractivity contribution is -0.327. The molecule has 0 N–H and O–H groups in total. The molecule has 8 heteroatoms. The van der Waals surface area contributed by atoms with E-state index in [4.69, 9.17) is 18.9 Å². The molecule has 0 bridgehead atoms. The van der Waals surface area contributed by atoms with Crippen molar-refractivity contribution in [2.75, 3.05) is 33.2 Å². The van der Waals surface area contributed by atoms with E-state index in [1.807, 2.05) is 12.1 Å². The highest BCUT2D eigenvalue weighted by atomic mass is 19.4. The Labute approximate surface area is 138 Å². The van der Waals surface area contributed by atoms with E-state index in [9.17, 15) is 13.2 Å². The van der Waals surface area contributed by atoms with Crippen molar-refractivity contribution in [3.63, 3.8) is 0 Å². The van der Waals surface area contributed by atoms with Crippen LogP contribution < -0.4 is 9.47 Å². The Balaban J connectivity index is 1.68. The summed E-state index contributed by atoms with van der Waals surface area (Å²) in [6.07, 6.45) is -2.72. The van der Waals surface area contributed by atoms with Gasteiger partial charge >= 0.3 is 6.36 Å². The van der Waals surface area contributed by atoms with Crippen LogP contribution >= 0.6 is 0 Å². The molecular weight excluding hydrogens is 329 g/mol. The number of fused-ring (bicyclic) bond motifs is 1. The van der Waals surface area contributed by atoms with Crippen LogP contribution in [0, 0.1) is 0 Å². The Kier molecular flexibility index (Phi) is 7.14. The average molecular weight is 350 g/mol. The summed E-state index contributed by atoms with van der Waals surface area (Å²) in [7, 11) is 0. The Bertz CT molecular complexity index is 519. The van der Waals surface area contributed by atoms with Crippen molar-refractivity contribution in [3.05, 3.63) is 23.3 Å². The molecule has 1 aromatic rings. The summed E-state index contributed by atoms with van der Waals surface area (Å²) in [5, 5.41) is 0. The SMILES string of the molecule is CCCc1cc2c(cc1COCCOCCOC(F)(F)F)OCO2. The van der Waals surface area contributed by atoms with E-state index in [0.717, 1.165) is 29.7 Å². The molecule has 1 heterocycles. The van der Waals surface area contributed by atoms with Crippen LogP contribution in [0.15, 0.2) is 12.1 Å². The number of ether oxygens (including phenoxy) is 5. The number of benzene rings is 1. The Morgan fingerprint density at radius 1 is 0.958 bits per heavy atom. The lowest BCUT2D eigenvalue weighted by Crippen LogP contribution is -2.18. The Morgan fingerprint density at radius 2 is 1.58 bits per heavy atom. The lowest BCUT2D eigenvalue weighted by atomic mass is 10.0. The summed E-state index contributed by atoms with van der Waals surface area (Å²) in [6, 6.07) is 3.88. The number of aryl methyl sites for hydroxylation is 1. The van der Waals surface area contributed by atoms with Gasteiger partial charge < -0.3 is 18.9 Å². The molecule has 24 heavy (non-hydrogen) atoms. The van der Waals surface area contributed by atoms with Crippen molar-refractivity contribution < 1.29 is 36.9 Å². The third kappa shape index (κ3) is 6.18. The third-order valence-electron chi connectivity index (χ3n) is 3.34. The minimum absolute atomic E-state index is 0.131. The maximum Gasteiger partial charge on any atom is 0.522 e. The minimum atomic E-state index is -4.62. The van der Waals surface area contributed by atoms with E-state index < -0.39 is 13.0 Å². The standard InChI is InChI=1S/C16H21F3O5/c1-2-3-12-8-14-15(23-11-22-14)9-13(12)10-21-5-4-20-6-7-24-16(17,18)19/h8-9H,2-7,10-11H2,1H3. The molecule has 1 aliphatic rings. The van der Waals surface area contributed by atoms with Gasteiger partial charge in [-0.25, -0.2) is 0 Å². The van der Waals surface area contributed by atoms with E-state index in [0.29, 0.717) is 12.4 Å². The summed E-state index contributed by atoms with van der Waals surface area (Å²) in [4.78, 5) is 0. The molecule has 0 unspecified atom stereocenters. The predicted molar refractivity (Wildman–Crippen MR) is 79.0 cm³/mol. The fraction of sp³-hybridized carbons (Fsp3) is 0.625. The fourth-order valence-electron chi connectivity index (χ4n) is 2.28. The van der Waals surface area contributed by atoms with Gasteiger partial charge in [-0.3, -0.25) is 4.74 Å². The van der Waals surface area contributed by atoms with Crippen LogP contribution in [0.4, 0.5) is 13.2 Å². The molecular formula is C16H21F3O5. The molecule has 0 fully saturated rings. The van der Waals surface area contributed by atoms with Gasteiger partial charge in [-0.05, 0) is 29.7 Å². The first-order valence-corrected chi connectivity index (χ1v) is 7.77. The van der Waals surface area contributed by atoms with Crippen LogP contribution in [0.25, 0.3) is 0 Å². The van der Waals surface area contributed by atoms with Gasteiger partial charge in [0.25, 0.3) is 0 Å². The van der Waals surface area contributed by atoms with Crippen LogP contribution in [0.5, 0.6) is 11.5 Å². The molecule has 0 spiro atoms. The van der Waals surface area contributed by atoms with Crippen LogP contribution in [0.3, 0.4) is 0 Å². The quantitative estimate of drug-likeness (QED) is 0.605. The van der Waals surface area contributed by atoms with Crippen molar-refractivity contribution in [1.29, 1.82) is 0 Å². The maximum atomic E-state index is 11.7. The smallest absolute Gasteiger partial charge is 0.454 e. The van der Waals surface area contributed by atoms with E-state index in [1.54, 1.807) is 0 Å². The summed E-state index contributed by atoms with van der Waals surface area (Å²) in [5.74, 6) is 1.45. The molecule has 1 aliphatic heterocycles. The van der Waals surface area contributed by atoms with Crippen LogP contribution in [0.1, 0.15) is 24.5 Å². The predicted octanol–water partition coefficient (Wildman–Crippen LogP) is 3.44. The zero-order valence-corrected chi connectivity index (χ0v) is 13.5. The minimum Gasteiger partial charge on any atom is -0.454 e. The van der Waals surface area contributed by atoms with E-state index in [1.165, 1.54) is 0 Å². The molecule has 0 atom stereocenters. The number of halogens is 3. The fourth-order valence-corrected chi connectivity index (χ4v) is 2.28. The molecule has 0 saturated carbocycles. The van der Waals surface area contributed by atoms with Crippen molar-refractivity contribution >= 4 is 0 Å². The van der Waals surface area contributed by atoms with E-state index in [-0.39, 0.29) is 26.6 Å². The highest BCUT2D eigenvalue weighted by Crippen LogP contribution is 2.35. The van der Waals surface area contributed by atoms with E-state index >= 15 is 0 Å². The molecule has 0 aromatic heterocycles. The monoisotopic (exact) mass is 350 g/mol. The molecule has 5 nitrogen and oxygen atoms in total. The lowest BCUT2D eigenvalue weighted by Gasteiger charge is -2.12. The second-order valence-corrected chi connectivity index (χ2v) is 5.18. The van der Waals surface area contributed by atoms with E-state index in [2.05, 4.69) is 11.7 Å². The molecule has 1 aromatic carbocycles. The van der Waals surface area contributed by atoms with Crippen molar-refractivity contribution in [3.8, 4) is 11.5 Å².